The monoisotopic (exact) mass is 411 g/mol. The zero-order valence-electron chi connectivity index (χ0n) is 15.6. The van der Waals surface area contributed by atoms with Crippen LogP contribution in [0.1, 0.15) is 24.5 Å². The van der Waals surface area contributed by atoms with E-state index < -0.39 is 10.0 Å². The molecule has 144 valence electrons. The smallest absolute Gasteiger partial charge is 0.276 e. The molecule has 0 fully saturated rings. The number of sulfonamides is 1. The van der Waals surface area contributed by atoms with Crippen molar-refractivity contribution in [3.05, 3.63) is 77.5 Å². The van der Waals surface area contributed by atoms with Crippen molar-refractivity contribution >= 4 is 33.2 Å². The number of nitrogens with one attached hydrogen (secondary N) is 2. The molecule has 1 aliphatic carbocycles. The van der Waals surface area contributed by atoms with Crippen LogP contribution in [0.2, 0.25) is 0 Å². The van der Waals surface area contributed by atoms with Crippen LogP contribution in [-0.2, 0) is 10.0 Å². The summed E-state index contributed by atoms with van der Waals surface area (Å²) in [5, 5.41) is 8.04. The van der Waals surface area contributed by atoms with Crippen molar-refractivity contribution < 1.29 is 8.42 Å². The SMILES string of the molecule is C/C(=N\NS(=O)(=O)c1ccc(C)cc1)c1ccc2c(c1)NC1=CC=CCC1S2. The van der Waals surface area contributed by atoms with Crippen LogP contribution < -0.4 is 10.1 Å². The summed E-state index contributed by atoms with van der Waals surface area (Å²) >= 11 is 1.84. The van der Waals surface area contributed by atoms with E-state index in [1.54, 1.807) is 31.2 Å². The number of nitrogens with zero attached hydrogens (tertiary/aromatic N) is 1. The van der Waals surface area contributed by atoms with Crippen molar-refractivity contribution in [2.75, 3.05) is 5.32 Å². The lowest BCUT2D eigenvalue weighted by Gasteiger charge is -2.29. The van der Waals surface area contributed by atoms with Gasteiger partial charge in [-0.05, 0) is 56.2 Å². The molecule has 1 heterocycles. The minimum atomic E-state index is -3.69. The zero-order chi connectivity index (χ0) is 19.7. The van der Waals surface area contributed by atoms with Gasteiger partial charge in [0.25, 0.3) is 10.0 Å². The standard InChI is InChI=1S/C21H21N3O2S2/c1-14-7-10-17(11-8-14)28(25,26)24-23-15(2)16-9-12-21-19(13-16)22-18-5-3-4-6-20(18)27-21/h3-5,7-13,20,22,24H,6H2,1-2H3/b23-15+. The number of hydrogen-bond acceptors (Lipinski definition) is 5. The average Bonchev–Trinajstić information content (AvgIpc) is 2.70. The number of fused-ring (bicyclic) bond motifs is 2. The number of thioether (sulfide) groups is 1. The number of anilines is 1. The molecule has 4 rings (SSSR count). The zero-order valence-corrected chi connectivity index (χ0v) is 17.3. The second kappa shape index (κ2) is 7.48. The number of hydrogen-bond donors (Lipinski definition) is 2. The molecule has 2 N–H and O–H groups in total. The number of aryl methyl sites for hydroxylation is 1. The fourth-order valence-corrected chi connectivity index (χ4v) is 5.09. The molecule has 2 aromatic rings. The highest BCUT2D eigenvalue weighted by atomic mass is 32.2. The average molecular weight is 412 g/mol. The van der Waals surface area contributed by atoms with Crippen LogP contribution in [0.3, 0.4) is 0 Å². The lowest BCUT2D eigenvalue weighted by atomic mass is 10.1. The second-order valence-electron chi connectivity index (χ2n) is 6.83. The maximum atomic E-state index is 12.4. The van der Waals surface area contributed by atoms with Crippen LogP contribution in [0.15, 0.2) is 81.3 Å². The van der Waals surface area contributed by atoms with Gasteiger partial charge in [-0.2, -0.15) is 18.4 Å². The summed E-state index contributed by atoms with van der Waals surface area (Å²) in [4.78, 5) is 3.72. The van der Waals surface area contributed by atoms with E-state index in [1.807, 2.05) is 30.8 Å². The van der Waals surface area contributed by atoms with Crippen molar-refractivity contribution in [1.29, 1.82) is 0 Å². The largest absolute Gasteiger partial charge is 0.357 e. The fourth-order valence-electron chi connectivity index (χ4n) is 3.07. The van der Waals surface area contributed by atoms with Crippen LogP contribution in [0, 0.1) is 6.92 Å². The third-order valence-electron chi connectivity index (χ3n) is 4.72. The predicted molar refractivity (Wildman–Crippen MR) is 115 cm³/mol. The highest BCUT2D eigenvalue weighted by molar-refractivity contribution is 8.00. The van der Waals surface area contributed by atoms with Gasteiger partial charge in [0.15, 0.2) is 0 Å². The van der Waals surface area contributed by atoms with E-state index in [2.05, 4.69) is 39.5 Å². The summed E-state index contributed by atoms with van der Waals surface area (Å²) in [5.41, 5.74) is 4.70. The first-order chi connectivity index (χ1) is 13.4. The lowest BCUT2D eigenvalue weighted by Crippen LogP contribution is -2.21. The van der Waals surface area contributed by atoms with Gasteiger partial charge in [-0.25, -0.2) is 0 Å². The molecule has 0 amide bonds. The predicted octanol–water partition coefficient (Wildman–Crippen LogP) is 4.43. The van der Waals surface area contributed by atoms with E-state index in [9.17, 15) is 8.42 Å². The van der Waals surface area contributed by atoms with E-state index in [0.717, 1.165) is 23.2 Å². The van der Waals surface area contributed by atoms with Gasteiger partial charge < -0.3 is 5.32 Å². The Bertz CT molecular complexity index is 1100. The topological polar surface area (TPSA) is 70.6 Å². The van der Waals surface area contributed by atoms with Crippen molar-refractivity contribution in [3.8, 4) is 0 Å². The molecule has 5 nitrogen and oxygen atoms in total. The molecular weight excluding hydrogens is 390 g/mol. The van der Waals surface area contributed by atoms with Crippen LogP contribution in [0.4, 0.5) is 5.69 Å². The van der Waals surface area contributed by atoms with E-state index in [-0.39, 0.29) is 4.90 Å². The minimum absolute atomic E-state index is 0.196. The summed E-state index contributed by atoms with van der Waals surface area (Å²) in [6.07, 6.45) is 7.37. The number of hydrazone groups is 1. The Morgan fingerprint density at radius 1 is 1.21 bits per heavy atom. The Labute approximate surface area is 169 Å². The van der Waals surface area contributed by atoms with Crippen LogP contribution in [0.5, 0.6) is 0 Å². The molecule has 0 saturated carbocycles. The Morgan fingerprint density at radius 2 is 2.00 bits per heavy atom. The van der Waals surface area contributed by atoms with Gasteiger partial charge in [0, 0.05) is 10.6 Å². The molecule has 2 aromatic carbocycles. The minimum Gasteiger partial charge on any atom is -0.357 e. The van der Waals surface area contributed by atoms with Gasteiger partial charge >= 0.3 is 0 Å². The first kappa shape index (κ1) is 18.8. The van der Waals surface area contributed by atoms with Gasteiger partial charge in [-0.1, -0.05) is 35.9 Å². The maximum absolute atomic E-state index is 12.4. The van der Waals surface area contributed by atoms with E-state index in [0.29, 0.717) is 11.0 Å². The van der Waals surface area contributed by atoms with Gasteiger partial charge in [-0.15, -0.1) is 11.8 Å². The summed E-state index contributed by atoms with van der Waals surface area (Å²) in [5.74, 6) is 0. The third kappa shape index (κ3) is 3.86. The van der Waals surface area contributed by atoms with Crippen LogP contribution in [-0.4, -0.2) is 19.4 Å². The summed E-state index contributed by atoms with van der Waals surface area (Å²) < 4.78 is 24.8. The number of rotatable bonds is 4. The molecule has 1 unspecified atom stereocenters. The number of allylic oxidation sites excluding steroid dienone is 3. The quantitative estimate of drug-likeness (QED) is 0.577. The van der Waals surface area contributed by atoms with Crippen molar-refractivity contribution in [2.24, 2.45) is 5.10 Å². The molecule has 0 aromatic heterocycles. The molecule has 1 aliphatic heterocycles. The van der Waals surface area contributed by atoms with E-state index >= 15 is 0 Å². The number of benzene rings is 2. The van der Waals surface area contributed by atoms with Gasteiger partial charge in [0.1, 0.15) is 0 Å². The van der Waals surface area contributed by atoms with Crippen molar-refractivity contribution in [2.45, 2.75) is 35.3 Å². The van der Waals surface area contributed by atoms with Crippen LogP contribution in [0.25, 0.3) is 0 Å². The fraction of sp³-hybridized carbons (Fsp3) is 0.190. The molecule has 28 heavy (non-hydrogen) atoms. The molecular formula is C21H21N3O2S2. The first-order valence-corrected chi connectivity index (χ1v) is 11.4. The first-order valence-electron chi connectivity index (χ1n) is 9.00. The van der Waals surface area contributed by atoms with Gasteiger partial charge in [-0.3, -0.25) is 0 Å². The highest BCUT2D eigenvalue weighted by Gasteiger charge is 2.24. The van der Waals surface area contributed by atoms with Crippen LogP contribution >= 0.6 is 11.8 Å². The van der Waals surface area contributed by atoms with E-state index in [4.69, 9.17) is 0 Å². The molecule has 7 heteroatoms. The molecule has 0 spiro atoms. The Morgan fingerprint density at radius 3 is 2.79 bits per heavy atom. The lowest BCUT2D eigenvalue weighted by molar-refractivity contribution is 0.584. The van der Waals surface area contributed by atoms with E-state index in [1.165, 1.54) is 10.6 Å². The molecule has 2 aliphatic rings. The Hall–Kier alpha value is -2.51. The second-order valence-corrected chi connectivity index (χ2v) is 9.74. The summed E-state index contributed by atoms with van der Waals surface area (Å²) in [6.45, 7) is 3.71. The molecule has 0 saturated heterocycles. The normalized spacial score (nSPS) is 18.6. The van der Waals surface area contributed by atoms with Crippen molar-refractivity contribution in [3.63, 3.8) is 0 Å². The summed E-state index contributed by atoms with van der Waals surface area (Å²) in [6, 6.07) is 12.7. The molecule has 0 radical (unpaired) electrons. The van der Waals surface area contributed by atoms with Gasteiger partial charge in [0.2, 0.25) is 0 Å². The Kier molecular flexibility index (Phi) is 5.03. The molecule has 1 atom stereocenters. The maximum Gasteiger partial charge on any atom is 0.276 e. The Balaban J connectivity index is 1.54. The molecule has 0 bridgehead atoms. The van der Waals surface area contributed by atoms with Gasteiger partial charge in [0.05, 0.1) is 21.5 Å². The third-order valence-corrected chi connectivity index (χ3v) is 7.28. The van der Waals surface area contributed by atoms with Crippen molar-refractivity contribution in [1.82, 2.24) is 4.83 Å². The summed E-state index contributed by atoms with van der Waals surface area (Å²) in [7, 11) is -3.69. The highest BCUT2D eigenvalue weighted by Crippen LogP contribution is 2.42.